The van der Waals surface area contributed by atoms with E-state index in [0.29, 0.717) is 23.9 Å². The van der Waals surface area contributed by atoms with Crippen molar-refractivity contribution in [2.75, 3.05) is 13.1 Å². The van der Waals surface area contributed by atoms with Crippen molar-refractivity contribution < 1.29 is 4.79 Å². The number of likely N-dealkylation sites (tertiary alicyclic amines) is 1. The molecule has 1 aliphatic carbocycles. The molecule has 0 bridgehead atoms. The molecule has 0 aromatic carbocycles. The van der Waals surface area contributed by atoms with E-state index in [0.717, 1.165) is 18.9 Å². The molecule has 0 aromatic rings. The molecule has 1 N–H and O–H groups in total. The van der Waals surface area contributed by atoms with Gasteiger partial charge in [0.1, 0.15) is 0 Å². The van der Waals surface area contributed by atoms with Gasteiger partial charge in [-0.25, -0.2) is 0 Å². The average molecular weight is 266 g/mol. The number of carbonyl (C=O) groups excluding carboxylic acids is 1. The van der Waals surface area contributed by atoms with Crippen LogP contribution in [0.15, 0.2) is 0 Å². The molecule has 2 fully saturated rings. The zero-order chi connectivity index (χ0) is 14.0. The number of carbonyl (C=O) groups is 1. The number of hydrogen-bond donors (Lipinski definition) is 1. The summed E-state index contributed by atoms with van der Waals surface area (Å²) < 4.78 is 0. The van der Waals surface area contributed by atoms with E-state index in [9.17, 15) is 4.79 Å². The fourth-order valence-electron chi connectivity index (χ4n) is 3.60. The third kappa shape index (κ3) is 3.71. The van der Waals surface area contributed by atoms with Gasteiger partial charge >= 0.3 is 0 Å². The van der Waals surface area contributed by atoms with Gasteiger partial charge in [-0.2, -0.15) is 0 Å². The van der Waals surface area contributed by atoms with Crippen molar-refractivity contribution in [3.8, 4) is 0 Å². The zero-order valence-electron chi connectivity index (χ0n) is 13.0. The lowest BCUT2D eigenvalue weighted by Crippen LogP contribution is -2.55. The Balaban J connectivity index is 1.98. The SMILES string of the molecule is CC(=O)NC1CC(C(C)C)CN(C(C)C2CCC2)C1. The van der Waals surface area contributed by atoms with Gasteiger partial charge in [-0.05, 0) is 43.9 Å². The van der Waals surface area contributed by atoms with Gasteiger partial charge in [0, 0.05) is 32.1 Å². The van der Waals surface area contributed by atoms with Crippen LogP contribution in [-0.4, -0.2) is 36.0 Å². The smallest absolute Gasteiger partial charge is 0.217 e. The van der Waals surface area contributed by atoms with Crippen LogP contribution in [0.4, 0.5) is 0 Å². The fraction of sp³-hybridized carbons (Fsp3) is 0.938. The van der Waals surface area contributed by atoms with Crippen LogP contribution in [-0.2, 0) is 4.79 Å². The summed E-state index contributed by atoms with van der Waals surface area (Å²) in [4.78, 5) is 14.0. The second kappa shape index (κ2) is 6.25. The van der Waals surface area contributed by atoms with E-state index in [1.807, 2.05) is 0 Å². The maximum Gasteiger partial charge on any atom is 0.217 e. The lowest BCUT2D eigenvalue weighted by Gasteiger charge is -2.46. The molecule has 3 unspecified atom stereocenters. The van der Waals surface area contributed by atoms with Crippen molar-refractivity contribution in [2.24, 2.45) is 17.8 Å². The molecule has 1 saturated carbocycles. The molecule has 1 heterocycles. The molecule has 0 aromatic heterocycles. The van der Waals surface area contributed by atoms with Crippen LogP contribution in [0.5, 0.6) is 0 Å². The molecule has 0 spiro atoms. The van der Waals surface area contributed by atoms with Gasteiger partial charge in [0.15, 0.2) is 0 Å². The number of nitrogens with zero attached hydrogens (tertiary/aromatic N) is 1. The Morgan fingerprint density at radius 1 is 1.16 bits per heavy atom. The lowest BCUT2D eigenvalue weighted by atomic mass is 9.77. The number of piperidine rings is 1. The molecule has 3 heteroatoms. The minimum absolute atomic E-state index is 0.116. The van der Waals surface area contributed by atoms with Gasteiger partial charge in [0.25, 0.3) is 0 Å². The van der Waals surface area contributed by atoms with E-state index in [-0.39, 0.29) is 5.91 Å². The van der Waals surface area contributed by atoms with E-state index >= 15 is 0 Å². The molecule has 110 valence electrons. The monoisotopic (exact) mass is 266 g/mol. The Bertz CT molecular complexity index is 312. The molecule has 0 radical (unpaired) electrons. The molecule has 2 rings (SSSR count). The first-order valence-electron chi connectivity index (χ1n) is 7.98. The average Bonchev–Trinajstić information content (AvgIpc) is 2.25. The first kappa shape index (κ1) is 14.8. The minimum Gasteiger partial charge on any atom is -0.352 e. The summed E-state index contributed by atoms with van der Waals surface area (Å²) in [6.07, 6.45) is 5.35. The number of nitrogens with one attached hydrogen (secondary N) is 1. The third-order valence-electron chi connectivity index (χ3n) is 5.27. The summed E-state index contributed by atoms with van der Waals surface area (Å²) in [6, 6.07) is 1.03. The van der Waals surface area contributed by atoms with E-state index in [2.05, 4.69) is 31.0 Å². The Hall–Kier alpha value is -0.570. The largest absolute Gasteiger partial charge is 0.352 e. The molecular weight excluding hydrogens is 236 g/mol. The summed E-state index contributed by atoms with van der Waals surface area (Å²) >= 11 is 0. The lowest BCUT2D eigenvalue weighted by molar-refractivity contribution is -0.120. The van der Waals surface area contributed by atoms with Gasteiger partial charge in [0.05, 0.1) is 0 Å². The Morgan fingerprint density at radius 2 is 1.84 bits per heavy atom. The van der Waals surface area contributed by atoms with Gasteiger partial charge in [-0.3, -0.25) is 9.69 Å². The maximum absolute atomic E-state index is 11.3. The first-order valence-corrected chi connectivity index (χ1v) is 7.98. The van der Waals surface area contributed by atoms with Crippen LogP contribution in [0.1, 0.15) is 53.4 Å². The van der Waals surface area contributed by atoms with Crippen LogP contribution in [0, 0.1) is 17.8 Å². The number of amides is 1. The van der Waals surface area contributed by atoms with E-state index in [4.69, 9.17) is 0 Å². The highest BCUT2D eigenvalue weighted by Crippen LogP contribution is 2.34. The highest BCUT2D eigenvalue weighted by molar-refractivity contribution is 5.73. The molecule has 1 saturated heterocycles. The molecule has 3 atom stereocenters. The summed E-state index contributed by atoms with van der Waals surface area (Å²) in [5.41, 5.74) is 0. The van der Waals surface area contributed by atoms with Crippen molar-refractivity contribution in [2.45, 2.75) is 65.5 Å². The number of hydrogen-bond acceptors (Lipinski definition) is 2. The van der Waals surface area contributed by atoms with Crippen molar-refractivity contribution in [1.82, 2.24) is 10.2 Å². The van der Waals surface area contributed by atoms with E-state index in [1.54, 1.807) is 6.92 Å². The minimum atomic E-state index is 0.116. The Kier molecular flexibility index (Phi) is 4.88. The predicted octanol–water partition coefficient (Wildman–Crippen LogP) is 2.66. The van der Waals surface area contributed by atoms with Crippen LogP contribution < -0.4 is 5.32 Å². The molecule has 19 heavy (non-hydrogen) atoms. The first-order chi connectivity index (χ1) is 8.97. The Morgan fingerprint density at radius 3 is 2.32 bits per heavy atom. The molecule has 1 aliphatic heterocycles. The molecule has 3 nitrogen and oxygen atoms in total. The van der Waals surface area contributed by atoms with Gasteiger partial charge in [-0.15, -0.1) is 0 Å². The van der Waals surface area contributed by atoms with Gasteiger partial charge in [0.2, 0.25) is 5.91 Å². The second-order valence-corrected chi connectivity index (χ2v) is 7.02. The topological polar surface area (TPSA) is 32.3 Å². The zero-order valence-corrected chi connectivity index (χ0v) is 13.0. The highest BCUT2D eigenvalue weighted by Gasteiger charge is 2.35. The molecule has 1 amide bonds. The van der Waals surface area contributed by atoms with Crippen LogP contribution in [0.25, 0.3) is 0 Å². The highest BCUT2D eigenvalue weighted by atomic mass is 16.1. The van der Waals surface area contributed by atoms with Crippen molar-refractivity contribution in [3.63, 3.8) is 0 Å². The normalized spacial score (nSPS) is 31.0. The van der Waals surface area contributed by atoms with Crippen molar-refractivity contribution in [3.05, 3.63) is 0 Å². The van der Waals surface area contributed by atoms with Crippen LogP contribution in [0.3, 0.4) is 0 Å². The molecule has 2 aliphatic rings. The van der Waals surface area contributed by atoms with Gasteiger partial charge < -0.3 is 5.32 Å². The van der Waals surface area contributed by atoms with Crippen LogP contribution >= 0.6 is 0 Å². The standard InChI is InChI=1S/C16H30N2O/c1-11(2)15-8-16(17-13(4)19)10-18(9-15)12(3)14-6-5-7-14/h11-12,14-16H,5-10H2,1-4H3,(H,17,19). The van der Waals surface area contributed by atoms with Gasteiger partial charge in [-0.1, -0.05) is 20.3 Å². The summed E-state index contributed by atoms with van der Waals surface area (Å²) in [5, 5.41) is 3.15. The summed E-state index contributed by atoms with van der Waals surface area (Å²) in [6.45, 7) is 10.9. The fourth-order valence-corrected chi connectivity index (χ4v) is 3.60. The third-order valence-corrected chi connectivity index (χ3v) is 5.27. The predicted molar refractivity (Wildman–Crippen MR) is 78.9 cm³/mol. The number of rotatable bonds is 4. The maximum atomic E-state index is 11.3. The van der Waals surface area contributed by atoms with E-state index in [1.165, 1.54) is 25.8 Å². The van der Waals surface area contributed by atoms with Crippen molar-refractivity contribution >= 4 is 5.91 Å². The molecular formula is C16H30N2O. The summed E-state index contributed by atoms with van der Waals surface area (Å²) in [7, 11) is 0. The van der Waals surface area contributed by atoms with E-state index < -0.39 is 0 Å². The second-order valence-electron chi connectivity index (χ2n) is 7.02. The summed E-state index contributed by atoms with van der Waals surface area (Å²) in [5.74, 6) is 2.43. The quantitative estimate of drug-likeness (QED) is 0.848. The van der Waals surface area contributed by atoms with Crippen LogP contribution in [0.2, 0.25) is 0 Å². The Labute approximate surface area is 118 Å². The van der Waals surface area contributed by atoms with Crippen molar-refractivity contribution in [1.29, 1.82) is 0 Å².